The van der Waals surface area contributed by atoms with Gasteiger partial charge in [0.15, 0.2) is 0 Å². The van der Waals surface area contributed by atoms with Crippen molar-refractivity contribution in [1.82, 2.24) is 0 Å². The predicted molar refractivity (Wildman–Crippen MR) is 36.8 cm³/mol. The second-order valence-corrected chi connectivity index (χ2v) is 1.07. The van der Waals surface area contributed by atoms with Gasteiger partial charge in [-0.15, -0.1) is 0 Å². The van der Waals surface area contributed by atoms with E-state index >= 15 is 0 Å². The number of hydrogen-bond donors (Lipinski definition) is 0. The molecule has 0 fully saturated rings. The van der Waals surface area contributed by atoms with E-state index < -0.39 is 0 Å². The minimum absolute atomic E-state index is 0. The molecule has 0 radical (unpaired) electrons. The predicted octanol–water partition coefficient (Wildman–Crippen LogP) is 1.49. The van der Waals surface area contributed by atoms with Crippen LogP contribution in [-0.2, 0) is 0 Å². The fourth-order valence-electron chi connectivity index (χ4n) is 0.232. The third kappa shape index (κ3) is 11.0. The second kappa shape index (κ2) is 10.2. The summed E-state index contributed by atoms with van der Waals surface area (Å²) in [5.41, 5.74) is 0. The Morgan fingerprint density at radius 2 is 2.14 bits per heavy atom. The fourth-order valence-corrected chi connectivity index (χ4v) is 0.232. The first-order valence-electron chi connectivity index (χ1n) is 2.19. The van der Waals surface area contributed by atoms with Crippen LogP contribution in [0.5, 0.6) is 0 Å². The van der Waals surface area contributed by atoms with Gasteiger partial charge in [-0.25, -0.2) is 0 Å². The molecule has 0 aliphatic rings. The van der Waals surface area contributed by atoms with E-state index in [-0.39, 0.29) is 51.4 Å². The number of rotatable bonds is 2. The molecule has 0 amide bonds. The van der Waals surface area contributed by atoms with Crippen LogP contribution in [0.15, 0.2) is 24.8 Å². The molecule has 0 saturated heterocycles. The molecule has 0 aromatic carbocycles. The molecule has 0 nitrogen and oxygen atoms in total. The molecular formula is C6H11K. The summed E-state index contributed by atoms with van der Waals surface area (Å²) < 4.78 is 0. The molecule has 0 rings (SSSR count). The molecular weight excluding hydrogens is 111 g/mol. The zero-order valence-corrected chi connectivity index (χ0v) is 4.15. The van der Waals surface area contributed by atoms with E-state index in [1.807, 2.05) is 6.08 Å². The van der Waals surface area contributed by atoms with Crippen molar-refractivity contribution in [2.24, 2.45) is 0 Å². The first-order chi connectivity index (χ1) is 2.91. The third-order valence-corrected chi connectivity index (χ3v) is 0.508. The topological polar surface area (TPSA) is 0 Å². The SMILES string of the molecule is C=CC=CCC.[KH]. The molecule has 36 valence electrons. The third-order valence-electron chi connectivity index (χ3n) is 0.508. The molecule has 0 unspecified atom stereocenters. The summed E-state index contributed by atoms with van der Waals surface area (Å²) in [4.78, 5) is 0. The number of hydrogen-bond acceptors (Lipinski definition) is 0. The molecule has 0 heterocycles. The second-order valence-electron chi connectivity index (χ2n) is 1.07. The van der Waals surface area contributed by atoms with Gasteiger partial charge in [0.2, 0.25) is 0 Å². The van der Waals surface area contributed by atoms with Crippen molar-refractivity contribution in [3.63, 3.8) is 0 Å². The Hall–Kier alpha value is 1.12. The molecule has 0 saturated carbocycles. The zero-order valence-electron chi connectivity index (χ0n) is 4.15. The summed E-state index contributed by atoms with van der Waals surface area (Å²) in [7, 11) is 0. The first kappa shape index (κ1) is 11.0. The van der Waals surface area contributed by atoms with Gasteiger partial charge in [0, 0.05) is 0 Å². The van der Waals surface area contributed by atoms with Crippen LogP contribution in [0.25, 0.3) is 0 Å². The molecule has 0 bridgehead atoms. The van der Waals surface area contributed by atoms with Crippen LogP contribution in [0.4, 0.5) is 0 Å². The summed E-state index contributed by atoms with van der Waals surface area (Å²) in [6.45, 7) is 5.61. The van der Waals surface area contributed by atoms with Gasteiger partial charge < -0.3 is 0 Å². The van der Waals surface area contributed by atoms with Gasteiger partial charge in [-0.2, -0.15) is 0 Å². The van der Waals surface area contributed by atoms with Crippen molar-refractivity contribution in [2.75, 3.05) is 0 Å². The molecule has 0 atom stereocenters. The normalized spacial score (nSPS) is 8.14. The Morgan fingerprint density at radius 3 is 2.29 bits per heavy atom. The molecule has 7 heavy (non-hydrogen) atoms. The summed E-state index contributed by atoms with van der Waals surface area (Å²) in [6, 6.07) is 0. The van der Waals surface area contributed by atoms with Crippen molar-refractivity contribution in [1.29, 1.82) is 0 Å². The molecule has 0 aliphatic carbocycles. The van der Waals surface area contributed by atoms with Crippen LogP contribution in [0.2, 0.25) is 0 Å². The van der Waals surface area contributed by atoms with Crippen molar-refractivity contribution in [2.45, 2.75) is 13.3 Å². The van der Waals surface area contributed by atoms with Crippen LogP contribution in [-0.4, -0.2) is 51.4 Å². The molecule has 0 N–H and O–H groups in total. The van der Waals surface area contributed by atoms with Gasteiger partial charge >= 0.3 is 51.4 Å². The monoisotopic (exact) mass is 122 g/mol. The van der Waals surface area contributed by atoms with Crippen molar-refractivity contribution < 1.29 is 0 Å². The van der Waals surface area contributed by atoms with Crippen LogP contribution in [0.1, 0.15) is 13.3 Å². The van der Waals surface area contributed by atoms with Gasteiger partial charge in [-0.1, -0.05) is 31.7 Å². The summed E-state index contributed by atoms with van der Waals surface area (Å²) in [5.74, 6) is 0. The van der Waals surface area contributed by atoms with Gasteiger partial charge in [0.25, 0.3) is 0 Å². The summed E-state index contributed by atoms with van der Waals surface area (Å²) in [5, 5.41) is 0. The summed E-state index contributed by atoms with van der Waals surface area (Å²) in [6.07, 6.45) is 6.89. The Morgan fingerprint density at radius 1 is 1.57 bits per heavy atom. The average molecular weight is 122 g/mol. The van der Waals surface area contributed by atoms with Gasteiger partial charge in [-0.3, -0.25) is 0 Å². The molecule has 0 aromatic heterocycles. The van der Waals surface area contributed by atoms with Crippen LogP contribution >= 0.6 is 0 Å². The Balaban J connectivity index is 0. The maximum absolute atomic E-state index is 3.51. The summed E-state index contributed by atoms with van der Waals surface area (Å²) >= 11 is 0. The van der Waals surface area contributed by atoms with Crippen molar-refractivity contribution in [3.8, 4) is 0 Å². The number of allylic oxidation sites excluding steroid dienone is 3. The van der Waals surface area contributed by atoms with E-state index in [0.717, 1.165) is 6.42 Å². The quantitative estimate of drug-likeness (QED) is 0.384. The van der Waals surface area contributed by atoms with Gasteiger partial charge in [-0.05, 0) is 6.42 Å². The van der Waals surface area contributed by atoms with E-state index in [1.54, 1.807) is 6.08 Å². The zero-order chi connectivity index (χ0) is 4.83. The molecule has 0 aromatic rings. The van der Waals surface area contributed by atoms with E-state index in [1.165, 1.54) is 0 Å². The average Bonchev–Trinajstić information content (AvgIpc) is 1.61. The Bertz CT molecular complexity index is 55.2. The first-order valence-corrected chi connectivity index (χ1v) is 2.19. The van der Waals surface area contributed by atoms with Crippen LogP contribution in [0, 0.1) is 0 Å². The van der Waals surface area contributed by atoms with E-state index in [9.17, 15) is 0 Å². The molecule has 0 aliphatic heterocycles. The van der Waals surface area contributed by atoms with E-state index in [2.05, 4.69) is 19.6 Å². The van der Waals surface area contributed by atoms with Gasteiger partial charge in [0.1, 0.15) is 0 Å². The fraction of sp³-hybridized carbons (Fsp3) is 0.333. The maximum atomic E-state index is 3.51. The van der Waals surface area contributed by atoms with Crippen molar-refractivity contribution >= 4 is 51.4 Å². The van der Waals surface area contributed by atoms with E-state index in [0.29, 0.717) is 0 Å². The van der Waals surface area contributed by atoms with Crippen LogP contribution in [0.3, 0.4) is 0 Å². The van der Waals surface area contributed by atoms with Gasteiger partial charge in [0.05, 0.1) is 0 Å². The molecule has 1 heteroatoms. The van der Waals surface area contributed by atoms with Crippen molar-refractivity contribution in [3.05, 3.63) is 24.8 Å². The Kier molecular flexibility index (Phi) is 16.0. The Labute approximate surface area is 88.1 Å². The minimum atomic E-state index is 0. The molecule has 0 spiro atoms. The standard InChI is InChI=1S/C6H10.K.H/c1-3-5-6-4-2;;/h3,5-6H,1,4H2,2H3;;. The van der Waals surface area contributed by atoms with Crippen LogP contribution < -0.4 is 0 Å². The van der Waals surface area contributed by atoms with E-state index in [4.69, 9.17) is 0 Å².